The van der Waals surface area contributed by atoms with E-state index < -0.39 is 0 Å². The highest BCUT2D eigenvalue weighted by Gasteiger charge is 2.10. The summed E-state index contributed by atoms with van der Waals surface area (Å²) in [4.78, 5) is 11.6. The largest absolute Gasteiger partial charge is 0.508 e. The molecule has 2 N–H and O–H groups in total. The minimum absolute atomic E-state index is 0.00205. The number of nitrogens with one attached hydrogen (secondary N) is 1. The lowest BCUT2D eigenvalue weighted by Gasteiger charge is -2.06. The zero-order valence-corrected chi connectivity index (χ0v) is 10.1. The van der Waals surface area contributed by atoms with Crippen LogP contribution in [0.15, 0.2) is 29.3 Å². The number of halogens is 2. The number of carbonyl (C=O) groups excluding carboxylic acids is 1. The van der Waals surface area contributed by atoms with Crippen LogP contribution in [-0.2, 0) is 0 Å². The number of amides is 1. The van der Waals surface area contributed by atoms with Gasteiger partial charge in [0.25, 0.3) is 5.91 Å². The third-order valence-electron chi connectivity index (χ3n) is 1.64. The van der Waals surface area contributed by atoms with Crippen LogP contribution in [-0.4, -0.2) is 17.6 Å². The van der Waals surface area contributed by atoms with Gasteiger partial charge in [-0.1, -0.05) is 34.1 Å². The molecule has 3 nitrogen and oxygen atoms in total. The first kappa shape index (κ1) is 12.1. The van der Waals surface area contributed by atoms with Gasteiger partial charge in [0.1, 0.15) is 5.75 Å². The van der Waals surface area contributed by atoms with Crippen LogP contribution >= 0.6 is 27.5 Å². The van der Waals surface area contributed by atoms with Gasteiger partial charge in [0, 0.05) is 11.0 Å². The molecule has 0 spiro atoms. The van der Waals surface area contributed by atoms with E-state index in [0.717, 1.165) is 0 Å². The number of hydrogen-bond donors (Lipinski definition) is 2. The smallest absolute Gasteiger partial charge is 0.253 e. The molecule has 0 aromatic heterocycles. The summed E-state index contributed by atoms with van der Waals surface area (Å²) in [6.45, 7) is 3.89. The number of aromatic hydroxyl groups is 1. The van der Waals surface area contributed by atoms with Crippen LogP contribution in [0.1, 0.15) is 10.4 Å². The first-order chi connectivity index (χ1) is 7.00. The SMILES string of the molecule is C=C(Br)CNC(=O)c1cc(O)ccc1Cl. The third-order valence-corrected chi connectivity index (χ3v) is 2.25. The second-order valence-corrected chi connectivity index (χ2v) is 4.39. The van der Waals surface area contributed by atoms with Gasteiger partial charge in [-0.3, -0.25) is 4.79 Å². The molecule has 0 aliphatic carbocycles. The van der Waals surface area contributed by atoms with Crippen molar-refractivity contribution in [2.45, 2.75) is 0 Å². The highest BCUT2D eigenvalue weighted by Crippen LogP contribution is 2.20. The molecule has 0 fully saturated rings. The predicted molar refractivity (Wildman–Crippen MR) is 63.5 cm³/mol. The van der Waals surface area contributed by atoms with Crippen molar-refractivity contribution in [2.75, 3.05) is 6.54 Å². The van der Waals surface area contributed by atoms with E-state index in [1.54, 1.807) is 0 Å². The molecular weight excluding hydrogens is 281 g/mol. The Morgan fingerprint density at radius 3 is 2.87 bits per heavy atom. The summed E-state index contributed by atoms with van der Waals surface area (Å²) >= 11 is 8.92. The number of carbonyl (C=O) groups is 1. The van der Waals surface area contributed by atoms with Crippen LogP contribution in [0.25, 0.3) is 0 Å². The number of phenolic OH excluding ortho intramolecular Hbond substituents is 1. The molecule has 0 atom stereocenters. The second-order valence-electron chi connectivity index (χ2n) is 2.86. The van der Waals surface area contributed by atoms with Crippen molar-refractivity contribution in [1.82, 2.24) is 5.32 Å². The minimum Gasteiger partial charge on any atom is -0.508 e. The average Bonchev–Trinajstić information content (AvgIpc) is 2.18. The van der Waals surface area contributed by atoms with E-state index in [1.165, 1.54) is 18.2 Å². The number of hydrogen-bond acceptors (Lipinski definition) is 2. The standard InChI is InChI=1S/C10H9BrClNO2/c1-6(11)5-13-10(15)8-4-7(14)2-3-9(8)12/h2-4,14H,1,5H2,(H,13,15). The molecule has 0 saturated carbocycles. The van der Waals surface area contributed by atoms with Gasteiger partial charge < -0.3 is 10.4 Å². The van der Waals surface area contributed by atoms with Crippen molar-refractivity contribution in [2.24, 2.45) is 0 Å². The first-order valence-corrected chi connectivity index (χ1v) is 5.28. The van der Waals surface area contributed by atoms with Gasteiger partial charge in [-0.2, -0.15) is 0 Å². The summed E-state index contributed by atoms with van der Waals surface area (Å²) in [7, 11) is 0. The minimum atomic E-state index is -0.350. The number of benzene rings is 1. The van der Waals surface area contributed by atoms with E-state index in [2.05, 4.69) is 27.8 Å². The monoisotopic (exact) mass is 289 g/mol. The van der Waals surface area contributed by atoms with Crippen molar-refractivity contribution in [3.63, 3.8) is 0 Å². The Balaban J connectivity index is 2.81. The first-order valence-electron chi connectivity index (χ1n) is 4.10. The lowest BCUT2D eigenvalue weighted by Crippen LogP contribution is -2.24. The van der Waals surface area contributed by atoms with Crippen molar-refractivity contribution < 1.29 is 9.90 Å². The number of rotatable bonds is 3. The van der Waals surface area contributed by atoms with Gasteiger partial charge in [-0.15, -0.1) is 0 Å². The van der Waals surface area contributed by atoms with Gasteiger partial charge in [0.15, 0.2) is 0 Å². The summed E-state index contributed by atoms with van der Waals surface area (Å²) in [5.74, 6) is -0.348. The Hall–Kier alpha value is -1.00. The van der Waals surface area contributed by atoms with Crippen LogP contribution < -0.4 is 5.32 Å². The molecule has 1 rings (SSSR count). The van der Waals surface area contributed by atoms with Crippen LogP contribution in [0.5, 0.6) is 5.75 Å². The molecule has 0 saturated heterocycles. The molecule has 1 aromatic rings. The Bertz CT molecular complexity index is 406. The van der Waals surface area contributed by atoms with Gasteiger partial charge in [0.05, 0.1) is 10.6 Å². The summed E-state index contributed by atoms with van der Waals surface area (Å²) < 4.78 is 0.659. The zero-order chi connectivity index (χ0) is 11.4. The molecule has 0 bridgehead atoms. The second kappa shape index (κ2) is 5.19. The molecule has 0 heterocycles. The van der Waals surface area contributed by atoms with E-state index >= 15 is 0 Å². The molecule has 15 heavy (non-hydrogen) atoms. The Morgan fingerprint density at radius 2 is 2.27 bits per heavy atom. The fourth-order valence-electron chi connectivity index (χ4n) is 0.959. The van der Waals surface area contributed by atoms with Gasteiger partial charge in [0.2, 0.25) is 0 Å². The van der Waals surface area contributed by atoms with E-state index in [1.807, 2.05) is 0 Å². The van der Waals surface area contributed by atoms with Crippen LogP contribution in [0, 0.1) is 0 Å². The molecule has 0 aliphatic rings. The maximum Gasteiger partial charge on any atom is 0.253 e. The molecule has 5 heteroatoms. The van der Waals surface area contributed by atoms with Crippen molar-refractivity contribution in [3.8, 4) is 5.75 Å². The zero-order valence-electron chi connectivity index (χ0n) is 7.76. The Kier molecular flexibility index (Phi) is 4.17. The van der Waals surface area contributed by atoms with Crippen molar-refractivity contribution >= 4 is 33.4 Å². The maximum atomic E-state index is 11.6. The highest BCUT2D eigenvalue weighted by molar-refractivity contribution is 9.11. The predicted octanol–water partition coefficient (Wildman–Crippen LogP) is 2.68. The summed E-state index contributed by atoms with van der Waals surface area (Å²) in [6, 6.07) is 4.20. The van der Waals surface area contributed by atoms with Gasteiger partial charge in [-0.25, -0.2) is 0 Å². The fraction of sp³-hybridized carbons (Fsp3) is 0.100. The Morgan fingerprint density at radius 1 is 1.60 bits per heavy atom. The normalized spacial score (nSPS) is 9.73. The summed E-state index contributed by atoms with van der Waals surface area (Å²) in [6.07, 6.45) is 0. The molecule has 1 amide bonds. The fourth-order valence-corrected chi connectivity index (χ4v) is 1.30. The Labute approximate surface area is 101 Å². The summed E-state index contributed by atoms with van der Waals surface area (Å²) in [5, 5.41) is 12.1. The van der Waals surface area contributed by atoms with E-state index in [9.17, 15) is 9.90 Å². The van der Waals surface area contributed by atoms with Crippen molar-refractivity contribution in [3.05, 3.63) is 39.8 Å². The van der Waals surface area contributed by atoms with Crippen LogP contribution in [0.4, 0.5) is 0 Å². The van der Waals surface area contributed by atoms with Gasteiger partial charge in [-0.05, 0) is 18.2 Å². The topological polar surface area (TPSA) is 49.3 Å². The molecule has 0 aliphatic heterocycles. The summed E-state index contributed by atoms with van der Waals surface area (Å²) in [5.41, 5.74) is 0.241. The lowest BCUT2D eigenvalue weighted by atomic mass is 10.2. The average molecular weight is 291 g/mol. The quantitative estimate of drug-likeness (QED) is 0.899. The molecule has 0 radical (unpaired) electrons. The van der Waals surface area contributed by atoms with Gasteiger partial charge >= 0.3 is 0 Å². The third kappa shape index (κ3) is 3.57. The molecular formula is C10H9BrClNO2. The van der Waals surface area contributed by atoms with Crippen LogP contribution in [0.3, 0.4) is 0 Å². The molecule has 1 aromatic carbocycles. The highest BCUT2D eigenvalue weighted by atomic mass is 79.9. The van der Waals surface area contributed by atoms with E-state index in [4.69, 9.17) is 11.6 Å². The molecule has 80 valence electrons. The van der Waals surface area contributed by atoms with Crippen LogP contribution in [0.2, 0.25) is 5.02 Å². The maximum absolute atomic E-state index is 11.6. The van der Waals surface area contributed by atoms with Crippen molar-refractivity contribution in [1.29, 1.82) is 0 Å². The van der Waals surface area contributed by atoms with E-state index in [-0.39, 0.29) is 17.2 Å². The van der Waals surface area contributed by atoms with E-state index in [0.29, 0.717) is 16.0 Å². The lowest BCUT2D eigenvalue weighted by molar-refractivity contribution is 0.0957. The number of phenols is 1. The molecule has 0 unspecified atom stereocenters.